The first-order valence-electron chi connectivity index (χ1n) is 16.1. The van der Waals surface area contributed by atoms with Crippen LogP contribution in [-0.2, 0) is 0 Å². The van der Waals surface area contributed by atoms with E-state index in [-0.39, 0.29) is 0 Å². The number of nitrogens with zero attached hydrogens (tertiary/aromatic N) is 1. The number of hydrogen-bond acceptors (Lipinski definition) is 1. The minimum absolute atomic E-state index is 1.11. The highest BCUT2D eigenvalue weighted by Gasteiger charge is 2.21. The third kappa shape index (κ3) is 5.49. The van der Waals surface area contributed by atoms with E-state index in [0.717, 1.165) is 17.1 Å². The molecule has 0 unspecified atom stereocenters. The lowest BCUT2D eigenvalue weighted by Crippen LogP contribution is -2.11. The highest BCUT2D eigenvalue weighted by Crippen LogP contribution is 2.47. The summed E-state index contributed by atoms with van der Waals surface area (Å²) in [6, 6.07) is 71.9. The third-order valence-electron chi connectivity index (χ3n) is 8.89. The number of hydrogen-bond donors (Lipinski definition) is 0. The smallest absolute Gasteiger partial charge is 0.0540 e. The van der Waals surface area contributed by atoms with Crippen LogP contribution >= 0.6 is 0 Å². The van der Waals surface area contributed by atoms with Crippen LogP contribution < -0.4 is 4.90 Å². The van der Waals surface area contributed by atoms with E-state index in [1.165, 1.54) is 55.3 Å². The van der Waals surface area contributed by atoms with Crippen LogP contribution in [0.25, 0.3) is 55.3 Å². The summed E-state index contributed by atoms with van der Waals surface area (Å²) < 4.78 is 0. The van der Waals surface area contributed by atoms with Crippen molar-refractivity contribution in [3.05, 3.63) is 200 Å². The Morgan fingerprint density at radius 2 is 0.809 bits per heavy atom. The topological polar surface area (TPSA) is 3.24 Å². The summed E-state index contributed by atoms with van der Waals surface area (Å²) in [7, 11) is 0. The van der Waals surface area contributed by atoms with E-state index in [1.807, 2.05) is 0 Å². The molecule has 0 aliphatic heterocycles. The Kier molecular flexibility index (Phi) is 7.63. The summed E-state index contributed by atoms with van der Waals surface area (Å²) in [5.74, 6) is 0. The molecule has 0 bridgehead atoms. The maximum absolute atomic E-state index is 2.41. The minimum Gasteiger partial charge on any atom is -0.309 e. The van der Waals surface area contributed by atoms with Gasteiger partial charge in [0.15, 0.2) is 0 Å². The van der Waals surface area contributed by atoms with Gasteiger partial charge in [-0.25, -0.2) is 0 Å². The van der Waals surface area contributed by atoms with Crippen LogP contribution in [0.4, 0.5) is 17.1 Å². The molecule has 0 saturated carbocycles. The molecule has 0 amide bonds. The van der Waals surface area contributed by atoms with Gasteiger partial charge in [0.25, 0.3) is 0 Å². The van der Waals surface area contributed by atoms with Gasteiger partial charge in [-0.2, -0.15) is 0 Å². The molecular formula is C46H33N. The molecule has 1 heteroatoms. The molecule has 0 heterocycles. The van der Waals surface area contributed by atoms with Crippen LogP contribution in [0, 0.1) is 0 Å². The van der Waals surface area contributed by atoms with E-state index in [9.17, 15) is 0 Å². The van der Waals surface area contributed by atoms with Crippen molar-refractivity contribution in [1.29, 1.82) is 0 Å². The SMILES string of the molecule is c1ccc(-c2ccc(-c3ccccc3N(c3ccccc3)c3cccc4ccccc34)c(-c3ccccc3-c3ccccc3)c2)cc1. The minimum atomic E-state index is 1.11. The van der Waals surface area contributed by atoms with Crippen molar-refractivity contribution in [3.8, 4) is 44.5 Å². The summed E-state index contributed by atoms with van der Waals surface area (Å²) >= 11 is 0. The Bertz CT molecular complexity index is 2280. The first kappa shape index (κ1) is 28.3. The lowest BCUT2D eigenvalue weighted by molar-refractivity contribution is 1.30. The van der Waals surface area contributed by atoms with Gasteiger partial charge in [-0.3, -0.25) is 0 Å². The average molecular weight is 600 g/mol. The molecule has 0 spiro atoms. The number of rotatable bonds is 7. The summed E-state index contributed by atoms with van der Waals surface area (Å²) in [6.45, 7) is 0. The predicted octanol–water partition coefficient (Wildman–Crippen LogP) is 13.0. The van der Waals surface area contributed by atoms with Gasteiger partial charge in [0, 0.05) is 16.6 Å². The Morgan fingerprint density at radius 1 is 0.277 bits per heavy atom. The second-order valence-corrected chi connectivity index (χ2v) is 11.7. The van der Waals surface area contributed by atoms with Gasteiger partial charge in [0.2, 0.25) is 0 Å². The fourth-order valence-corrected chi connectivity index (χ4v) is 6.68. The standard InChI is InChI=1S/C46H33N/c1-4-17-34(18-5-1)37-31-32-42(44(33-37)41-27-13-12-25-39(41)35-19-6-2-7-20-35)43-28-14-15-29-46(43)47(38-23-8-3-9-24-38)45-30-16-22-36-21-10-11-26-40(36)45/h1-33H. The highest BCUT2D eigenvalue weighted by molar-refractivity contribution is 6.03. The largest absolute Gasteiger partial charge is 0.309 e. The number of para-hydroxylation sites is 2. The van der Waals surface area contributed by atoms with E-state index in [4.69, 9.17) is 0 Å². The molecule has 47 heavy (non-hydrogen) atoms. The van der Waals surface area contributed by atoms with Crippen LogP contribution in [0.1, 0.15) is 0 Å². The van der Waals surface area contributed by atoms with E-state index in [2.05, 4.69) is 205 Å². The number of fused-ring (bicyclic) bond motifs is 1. The lowest BCUT2D eigenvalue weighted by Gasteiger charge is -2.29. The monoisotopic (exact) mass is 599 g/mol. The van der Waals surface area contributed by atoms with E-state index in [1.54, 1.807) is 0 Å². The Morgan fingerprint density at radius 3 is 1.57 bits per heavy atom. The molecule has 222 valence electrons. The Hall–Kier alpha value is -6.18. The van der Waals surface area contributed by atoms with Crippen LogP contribution in [-0.4, -0.2) is 0 Å². The van der Waals surface area contributed by atoms with Crippen molar-refractivity contribution >= 4 is 27.8 Å². The van der Waals surface area contributed by atoms with Gasteiger partial charge in [-0.15, -0.1) is 0 Å². The normalized spacial score (nSPS) is 11.0. The Labute approximate surface area is 276 Å². The molecule has 1 nitrogen and oxygen atoms in total. The van der Waals surface area contributed by atoms with Gasteiger partial charge in [-0.1, -0.05) is 170 Å². The molecule has 0 aromatic heterocycles. The average Bonchev–Trinajstić information content (AvgIpc) is 3.16. The third-order valence-corrected chi connectivity index (χ3v) is 8.89. The number of benzene rings is 8. The van der Waals surface area contributed by atoms with Gasteiger partial charge >= 0.3 is 0 Å². The Balaban J connectivity index is 1.41. The molecule has 0 radical (unpaired) electrons. The van der Waals surface area contributed by atoms with Crippen molar-refractivity contribution in [2.45, 2.75) is 0 Å². The highest BCUT2D eigenvalue weighted by atomic mass is 15.1. The maximum Gasteiger partial charge on any atom is 0.0540 e. The zero-order valence-electron chi connectivity index (χ0n) is 26.0. The first-order valence-corrected chi connectivity index (χ1v) is 16.1. The van der Waals surface area contributed by atoms with Crippen molar-refractivity contribution in [3.63, 3.8) is 0 Å². The number of anilines is 3. The van der Waals surface area contributed by atoms with Crippen molar-refractivity contribution in [1.82, 2.24) is 0 Å². The molecule has 0 atom stereocenters. The fraction of sp³-hybridized carbons (Fsp3) is 0. The summed E-state index contributed by atoms with van der Waals surface area (Å²) in [5, 5.41) is 2.43. The maximum atomic E-state index is 2.41. The summed E-state index contributed by atoms with van der Waals surface area (Å²) in [5.41, 5.74) is 13.0. The molecule has 8 rings (SSSR count). The van der Waals surface area contributed by atoms with Crippen molar-refractivity contribution < 1.29 is 0 Å². The molecule has 0 aliphatic carbocycles. The van der Waals surface area contributed by atoms with E-state index in [0.29, 0.717) is 0 Å². The molecule has 0 aliphatic rings. The fourth-order valence-electron chi connectivity index (χ4n) is 6.68. The van der Waals surface area contributed by atoms with Gasteiger partial charge in [0.05, 0.1) is 11.4 Å². The quantitative estimate of drug-likeness (QED) is 0.176. The predicted molar refractivity (Wildman–Crippen MR) is 200 cm³/mol. The molecule has 0 fully saturated rings. The second kappa shape index (κ2) is 12.7. The van der Waals surface area contributed by atoms with Crippen molar-refractivity contribution in [2.75, 3.05) is 4.90 Å². The first-order chi connectivity index (χ1) is 23.3. The second-order valence-electron chi connectivity index (χ2n) is 11.7. The summed E-state index contributed by atoms with van der Waals surface area (Å²) in [4.78, 5) is 2.41. The van der Waals surface area contributed by atoms with Crippen LogP contribution in [0.2, 0.25) is 0 Å². The molecule has 8 aromatic rings. The van der Waals surface area contributed by atoms with Crippen LogP contribution in [0.15, 0.2) is 200 Å². The van der Waals surface area contributed by atoms with E-state index >= 15 is 0 Å². The van der Waals surface area contributed by atoms with Crippen molar-refractivity contribution in [2.24, 2.45) is 0 Å². The van der Waals surface area contributed by atoms with Gasteiger partial charge < -0.3 is 4.90 Å². The summed E-state index contributed by atoms with van der Waals surface area (Å²) in [6.07, 6.45) is 0. The zero-order valence-corrected chi connectivity index (χ0v) is 26.0. The van der Waals surface area contributed by atoms with Crippen LogP contribution in [0.5, 0.6) is 0 Å². The molecule has 0 N–H and O–H groups in total. The lowest BCUT2D eigenvalue weighted by atomic mass is 9.86. The zero-order chi connectivity index (χ0) is 31.4. The van der Waals surface area contributed by atoms with Gasteiger partial charge in [0.1, 0.15) is 0 Å². The van der Waals surface area contributed by atoms with Gasteiger partial charge in [-0.05, 0) is 74.7 Å². The molecule has 0 saturated heterocycles. The van der Waals surface area contributed by atoms with Crippen LogP contribution in [0.3, 0.4) is 0 Å². The molecular weight excluding hydrogens is 567 g/mol. The molecule has 8 aromatic carbocycles. The van der Waals surface area contributed by atoms with E-state index < -0.39 is 0 Å².